The molecule has 5 nitrogen and oxygen atoms in total. The molecule has 1 saturated heterocycles. The third-order valence-electron chi connectivity index (χ3n) is 4.31. The molecule has 26 heavy (non-hydrogen) atoms. The molecule has 0 radical (unpaired) electrons. The highest BCUT2D eigenvalue weighted by Gasteiger charge is 2.28. The van der Waals surface area contributed by atoms with E-state index in [-0.39, 0.29) is 11.8 Å². The van der Waals surface area contributed by atoms with E-state index in [1.165, 1.54) is 12.1 Å². The fourth-order valence-corrected chi connectivity index (χ4v) is 2.76. The molecule has 138 valence electrons. The maximum Gasteiger partial charge on any atom is 0.330 e. The molecule has 6 heteroatoms. The SMILES string of the molecule is CC(C)(C)C(=O)ON1CCN(c2cccnc2-c2ccc(F)cc2)CC1. The minimum atomic E-state index is -0.518. The molecule has 0 bridgehead atoms. The van der Waals surface area contributed by atoms with Crippen LogP contribution >= 0.6 is 0 Å². The van der Waals surface area contributed by atoms with E-state index in [4.69, 9.17) is 4.84 Å². The maximum absolute atomic E-state index is 13.2. The van der Waals surface area contributed by atoms with Crippen molar-refractivity contribution in [2.45, 2.75) is 20.8 Å². The second-order valence-corrected chi connectivity index (χ2v) is 7.42. The van der Waals surface area contributed by atoms with Gasteiger partial charge in [-0.15, -0.1) is 5.06 Å². The average Bonchev–Trinajstić information content (AvgIpc) is 2.62. The van der Waals surface area contributed by atoms with Crippen molar-refractivity contribution >= 4 is 11.7 Å². The summed E-state index contributed by atoms with van der Waals surface area (Å²) >= 11 is 0. The topological polar surface area (TPSA) is 45.7 Å². The Hall–Kier alpha value is -2.47. The first-order valence-corrected chi connectivity index (χ1v) is 8.78. The molecule has 1 aromatic heterocycles. The van der Waals surface area contributed by atoms with Gasteiger partial charge in [-0.1, -0.05) is 0 Å². The summed E-state index contributed by atoms with van der Waals surface area (Å²) in [5.74, 6) is -0.486. The quantitative estimate of drug-likeness (QED) is 0.841. The Morgan fingerprint density at radius 1 is 1.08 bits per heavy atom. The number of carbonyl (C=O) groups is 1. The molecular formula is C20H24FN3O2. The first kappa shape index (κ1) is 18.3. The van der Waals surface area contributed by atoms with Gasteiger partial charge in [0.15, 0.2) is 0 Å². The lowest BCUT2D eigenvalue weighted by Crippen LogP contribution is -2.48. The van der Waals surface area contributed by atoms with Crippen LogP contribution in [0.2, 0.25) is 0 Å². The summed E-state index contributed by atoms with van der Waals surface area (Å²) in [5.41, 5.74) is 2.19. The summed E-state index contributed by atoms with van der Waals surface area (Å²) in [4.78, 5) is 24.2. The first-order chi connectivity index (χ1) is 12.3. The zero-order valence-electron chi connectivity index (χ0n) is 15.4. The smallest absolute Gasteiger partial charge is 0.330 e. The van der Waals surface area contributed by atoms with Crippen LogP contribution in [0, 0.1) is 11.2 Å². The number of piperazine rings is 1. The largest absolute Gasteiger partial charge is 0.367 e. The van der Waals surface area contributed by atoms with E-state index in [1.54, 1.807) is 23.4 Å². The van der Waals surface area contributed by atoms with Gasteiger partial charge in [0.25, 0.3) is 0 Å². The lowest BCUT2D eigenvalue weighted by Gasteiger charge is -2.36. The third kappa shape index (κ3) is 4.19. The van der Waals surface area contributed by atoms with Gasteiger partial charge in [0.1, 0.15) is 5.82 Å². The van der Waals surface area contributed by atoms with Crippen molar-refractivity contribution < 1.29 is 14.0 Å². The molecule has 0 unspecified atom stereocenters. The van der Waals surface area contributed by atoms with Crippen molar-refractivity contribution in [1.29, 1.82) is 0 Å². The van der Waals surface area contributed by atoms with E-state index in [9.17, 15) is 9.18 Å². The number of carbonyl (C=O) groups excluding carboxylic acids is 1. The number of hydroxylamine groups is 2. The number of rotatable bonds is 3. The maximum atomic E-state index is 13.2. The van der Waals surface area contributed by atoms with Crippen LogP contribution in [0.15, 0.2) is 42.6 Å². The van der Waals surface area contributed by atoms with E-state index in [0.717, 1.165) is 30.0 Å². The number of nitrogens with zero attached hydrogens (tertiary/aromatic N) is 3. The van der Waals surface area contributed by atoms with Gasteiger partial charge in [0.2, 0.25) is 0 Å². The molecule has 0 saturated carbocycles. The highest BCUT2D eigenvalue weighted by molar-refractivity contribution is 5.76. The van der Waals surface area contributed by atoms with Gasteiger partial charge in [0.05, 0.1) is 29.9 Å². The normalized spacial score (nSPS) is 15.8. The molecule has 1 fully saturated rings. The Kier molecular flexibility index (Phi) is 5.23. The molecule has 0 atom stereocenters. The molecule has 0 aliphatic carbocycles. The summed E-state index contributed by atoms with van der Waals surface area (Å²) in [5, 5.41) is 1.72. The van der Waals surface area contributed by atoms with Crippen molar-refractivity contribution in [3.63, 3.8) is 0 Å². The number of pyridine rings is 1. The second kappa shape index (κ2) is 7.41. The third-order valence-corrected chi connectivity index (χ3v) is 4.31. The lowest BCUT2D eigenvalue weighted by molar-refractivity contribution is -0.201. The van der Waals surface area contributed by atoms with Gasteiger partial charge in [-0.3, -0.25) is 4.98 Å². The summed E-state index contributed by atoms with van der Waals surface area (Å²) in [6.45, 7) is 8.22. The van der Waals surface area contributed by atoms with Crippen molar-refractivity contribution in [2.75, 3.05) is 31.1 Å². The average molecular weight is 357 g/mol. The standard InChI is InChI=1S/C20H24FN3O2/c1-20(2,3)19(25)26-24-13-11-23(12-14-24)17-5-4-10-22-18(17)15-6-8-16(21)9-7-15/h4-10H,11-14H2,1-3H3. The van der Waals surface area contributed by atoms with Crippen LogP contribution in [-0.2, 0) is 9.63 Å². The zero-order valence-corrected chi connectivity index (χ0v) is 15.4. The van der Waals surface area contributed by atoms with E-state index < -0.39 is 5.41 Å². The second-order valence-electron chi connectivity index (χ2n) is 7.42. The monoisotopic (exact) mass is 357 g/mol. The molecule has 1 aliphatic heterocycles. The van der Waals surface area contributed by atoms with Crippen LogP contribution in [0.25, 0.3) is 11.3 Å². The van der Waals surface area contributed by atoms with Crippen LogP contribution in [0.1, 0.15) is 20.8 Å². The summed E-state index contributed by atoms with van der Waals surface area (Å²) in [6.07, 6.45) is 1.74. The predicted octanol–water partition coefficient (Wildman–Crippen LogP) is 3.51. The first-order valence-electron chi connectivity index (χ1n) is 8.78. The molecule has 3 rings (SSSR count). The Balaban J connectivity index is 1.70. The number of anilines is 1. The number of aromatic nitrogens is 1. The van der Waals surface area contributed by atoms with E-state index in [1.807, 2.05) is 32.9 Å². The number of benzene rings is 1. The molecule has 0 N–H and O–H groups in total. The van der Waals surface area contributed by atoms with Crippen molar-refractivity contribution in [3.05, 3.63) is 48.4 Å². The minimum absolute atomic E-state index is 0.223. The van der Waals surface area contributed by atoms with Crippen LogP contribution < -0.4 is 4.90 Å². The molecule has 0 spiro atoms. The number of hydrogen-bond donors (Lipinski definition) is 0. The Labute approximate surface area is 153 Å². The lowest BCUT2D eigenvalue weighted by atomic mass is 9.98. The summed E-state index contributed by atoms with van der Waals surface area (Å²) in [6, 6.07) is 10.3. The van der Waals surface area contributed by atoms with Gasteiger partial charge < -0.3 is 9.74 Å². The fraction of sp³-hybridized carbons (Fsp3) is 0.400. The summed E-state index contributed by atoms with van der Waals surface area (Å²) in [7, 11) is 0. The van der Waals surface area contributed by atoms with Crippen molar-refractivity contribution in [3.8, 4) is 11.3 Å². The van der Waals surface area contributed by atoms with Gasteiger partial charge in [-0.05, 0) is 57.2 Å². The molecule has 1 aromatic carbocycles. The fourth-order valence-electron chi connectivity index (χ4n) is 2.76. The Morgan fingerprint density at radius 2 is 1.73 bits per heavy atom. The van der Waals surface area contributed by atoms with Gasteiger partial charge in [0, 0.05) is 24.8 Å². The van der Waals surface area contributed by atoms with Crippen LogP contribution in [0.3, 0.4) is 0 Å². The van der Waals surface area contributed by atoms with Gasteiger partial charge >= 0.3 is 5.97 Å². The van der Waals surface area contributed by atoms with Crippen molar-refractivity contribution in [2.24, 2.45) is 5.41 Å². The van der Waals surface area contributed by atoms with E-state index >= 15 is 0 Å². The predicted molar refractivity (Wildman–Crippen MR) is 99.0 cm³/mol. The molecule has 2 aromatic rings. The highest BCUT2D eigenvalue weighted by Crippen LogP contribution is 2.29. The van der Waals surface area contributed by atoms with E-state index in [2.05, 4.69) is 9.88 Å². The van der Waals surface area contributed by atoms with Crippen LogP contribution in [0.5, 0.6) is 0 Å². The Morgan fingerprint density at radius 3 is 2.35 bits per heavy atom. The Bertz CT molecular complexity index is 763. The molecule has 0 amide bonds. The molecular weight excluding hydrogens is 333 g/mol. The van der Waals surface area contributed by atoms with Crippen LogP contribution in [0.4, 0.5) is 10.1 Å². The number of halogens is 1. The van der Waals surface area contributed by atoms with Crippen molar-refractivity contribution in [1.82, 2.24) is 10.0 Å². The summed E-state index contributed by atoms with van der Waals surface area (Å²) < 4.78 is 13.2. The minimum Gasteiger partial charge on any atom is -0.367 e. The van der Waals surface area contributed by atoms with Gasteiger partial charge in [-0.25, -0.2) is 9.18 Å². The van der Waals surface area contributed by atoms with Gasteiger partial charge in [-0.2, -0.15) is 0 Å². The highest BCUT2D eigenvalue weighted by atomic mass is 19.1. The molecule has 2 heterocycles. The molecule has 1 aliphatic rings. The zero-order chi connectivity index (χ0) is 18.7. The number of hydrogen-bond acceptors (Lipinski definition) is 5. The van der Waals surface area contributed by atoms with E-state index in [0.29, 0.717) is 13.1 Å². The van der Waals surface area contributed by atoms with Crippen LogP contribution in [-0.4, -0.2) is 42.2 Å².